The van der Waals surface area contributed by atoms with Crippen molar-refractivity contribution >= 4 is 23.4 Å². The lowest BCUT2D eigenvalue weighted by Gasteiger charge is -2.16. The maximum Gasteiger partial charge on any atom is 0.249 e. The number of nitrogens with one attached hydrogen (secondary N) is 1. The van der Waals surface area contributed by atoms with Crippen LogP contribution in [0.25, 0.3) is 0 Å². The summed E-state index contributed by atoms with van der Waals surface area (Å²) in [7, 11) is 0. The van der Waals surface area contributed by atoms with Gasteiger partial charge >= 0.3 is 0 Å². The van der Waals surface area contributed by atoms with Crippen molar-refractivity contribution in [2.75, 3.05) is 5.32 Å². The highest BCUT2D eigenvalue weighted by Gasteiger charge is 2.20. The zero-order valence-corrected chi connectivity index (χ0v) is 13.4. The monoisotopic (exact) mass is 316 g/mol. The summed E-state index contributed by atoms with van der Waals surface area (Å²) in [5, 5.41) is 7.72. The topological polar surface area (TPSA) is 59.8 Å². The zero-order chi connectivity index (χ0) is 15.4. The Hall–Kier alpha value is -1.82. The van der Waals surface area contributed by atoms with Gasteiger partial charge in [-0.3, -0.25) is 4.79 Å². The number of aromatic nitrogens is 3. The first-order chi connectivity index (χ1) is 10.7. The normalized spacial score (nSPS) is 16.6. The summed E-state index contributed by atoms with van der Waals surface area (Å²) in [6.45, 7) is 1.82. The molecule has 3 rings (SSSR count). The fourth-order valence-electron chi connectivity index (χ4n) is 2.63. The van der Waals surface area contributed by atoms with Crippen molar-refractivity contribution in [3.63, 3.8) is 0 Å². The zero-order valence-electron chi connectivity index (χ0n) is 12.6. The van der Waals surface area contributed by atoms with Crippen LogP contribution in [0, 0.1) is 0 Å². The Labute approximate surface area is 134 Å². The summed E-state index contributed by atoms with van der Waals surface area (Å²) in [6, 6.07) is 7.64. The molecule has 1 amide bonds. The molecule has 0 bridgehead atoms. The van der Waals surface area contributed by atoms with E-state index in [-0.39, 0.29) is 11.9 Å². The van der Waals surface area contributed by atoms with Crippen molar-refractivity contribution < 1.29 is 4.79 Å². The molecule has 1 aromatic heterocycles. The van der Waals surface area contributed by atoms with Gasteiger partial charge in [0.25, 0.3) is 0 Å². The molecule has 1 aliphatic carbocycles. The molecule has 1 fully saturated rings. The summed E-state index contributed by atoms with van der Waals surface area (Å²) in [5.74, 6) is -0.0787. The van der Waals surface area contributed by atoms with Crippen LogP contribution in [-0.2, 0) is 4.79 Å². The molecular weight excluding hydrogens is 296 g/mol. The lowest BCUT2D eigenvalue weighted by molar-refractivity contribution is -0.119. The molecule has 1 aromatic carbocycles. The average Bonchev–Trinajstić information content (AvgIpc) is 3.21. The van der Waals surface area contributed by atoms with Gasteiger partial charge in [0.2, 0.25) is 5.91 Å². The van der Waals surface area contributed by atoms with E-state index in [1.165, 1.54) is 32.0 Å². The first-order valence-corrected chi connectivity index (χ1v) is 8.52. The number of hydrogen-bond donors (Lipinski definition) is 1. The minimum absolute atomic E-state index is 0.0787. The Morgan fingerprint density at radius 1 is 1.36 bits per heavy atom. The van der Waals surface area contributed by atoms with Crippen LogP contribution in [0.3, 0.4) is 0 Å². The van der Waals surface area contributed by atoms with Crippen LogP contribution < -0.4 is 5.32 Å². The largest absolute Gasteiger partial charge is 0.323 e. The highest BCUT2D eigenvalue weighted by atomic mass is 32.2. The summed E-state index contributed by atoms with van der Waals surface area (Å²) in [5.41, 5.74) is 0.886. The van der Waals surface area contributed by atoms with Crippen LogP contribution in [0.5, 0.6) is 0 Å². The predicted octanol–water partition coefficient (Wildman–Crippen LogP) is 3.51. The van der Waals surface area contributed by atoms with Gasteiger partial charge in [0.05, 0.1) is 5.69 Å². The second-order valence-electron chi connectivity index (χ2n) is 5.56. The van der Waals surface area contributed by atoms with Crippen LogP contribution in [0.15, 0.2) is 41.8 Å². The van der Waals surface area contributed by atoms with Crippen LogP contribution in [0.2, 0.25) is 0 Å². The van der Waals surface area contributed by atoms with E-state index in [9.17, 15) is 4.79 Å². The van der Waals surface area contributed by atoms with Gasteiger partial charge in [0.15, 0.2) is 0 Å². The number of nitrogens with zero attached hydrogens (tertiary/aromatic N) is 3. The van der Waals surface area contributed by atoms with Crippen molar-refractivity contribution in [3.05, 3.63) is 36.9 Å². The standard InChI is InChI=1S/C16H20N4OS/c1-12(20-11-17-10-18-20)16(21)19-14-8-4-5-9-15(14)22-13-6-2-3-7-13/h4-5,8-13H,2-3,6-7H2,1H3,(H,19,21)/t12-/m1/s1. The third kappa shape index (κ3) is 3.50. The second-order valence-corrected chi connectivity index (χ2v) is 6.90. The van der Waals surface area contributed by atoms with E-state index in [4.69, 9.17) is 0 Å². The van der Waals surface area contributed by atoms with Gasteiger partial charge in [-0.2, -0.15) is 5.10 Å². The molecule has 116 valence electrons. The molecule has 0 unspecified atom stereocenters. The Balaban J connectivity index is 1.70. The van der Waals surface area contributed by atoms with E-state index in [0.717, 1.165) is 10.6 Å². The van der Waals surface area contributed by atoms with E-state index in [2.05, 4.69) is 21.5 Å². The predicted molar refractivity (Wildman–Crippen MR) is 87.9 cm³/mol. The number of carbonyl (C=O) groups excluding carboxylic acids is 1. The summed E-state index contributed by atoms with van der Waals surface area (Å²) in [6.07, 6.45) is 8.16. The number of para-hydroxylation sites is 1. The lowest BCUT2D eigenvalue weighted by Crippen LogP contribution is -2.24. The molecular formula is C16H20N4OS. The second kappa shape index (κ2) is 6.96. The molecule has 0 saturated heterocycles. The molecule has 1 N–H and O–H groups in total. The van der Waals surface area contributed by atoms with E-state index in [0.29, 0.717) is 5.25 Å². The maximum absolute atomic E-state index is 12.4. The van der Waals surface area contributed by atoms with Gasteiger partial charge in [-0.25, -0.2) is 9.67 Å². The average molecular weight is 316 g/mol. The van der Waals surface area contributed by atoms with E-state index in [1.54, 1.807) is 11.0 Å². The highest BCUT2D eigenvalue weighted by molar-refractivity contribution is 8.00. The van der Waals surface area contributed by atoms with Crippen molar-refractivity contribution in [2.45, 2.75) is 48.8 Å². The number of anilines is 1. The summed E-state index contributed by atoms with van der Waals surface area (Å²) in [4.78, 5) is 17.4. The lowest BCUT2D eigenvalue weighted by atomic mass is 10.2. The molecule has 22 heavy (non-hydrogen) atoms. The molecule has 0 spiro atoms. The van der Waals surface area contributed by atoms with Crippen molar-refractivity contribution in [1.82, 2.24) is 14.8 Å². The Morgan fingerprint density at radius 3 is 2.86 bits per heavy atom. The van der Waals surface area contributed by atoms with Gasteiger partial charge in [-0.1, -0.05) is 25.0 Å². The van der Waals surface area contributed by atoms with Crippen molar-refractivity contribution in [1.29, 1.82) is 0 Å². The summed E-state index contributed by atoms with van der Waals surface area (Å²) < 4.78 is 1.56. The Kier molecular flexibility index (Phi) is 4.77. The molecule has 5 nitrogen and oxygen atoms in total. The summed E-state index contributed by atoms with van der Waals surface area (Å²) >= 11 is 1.88. The van der Waals surface area contributed by atoms with Gasteiger partial charge in [0, 0.05) is 10.1 Å². The van der Waals surface area contributed by atoms with E-state index < -0.39 is 0 Å². The van der Waals surface area contributed by atoms with Crippen LogP contribution in [-0.4, -0.2) is 25.9 Å². The minimum atomic E-state index is -0.382. The first-order valence-electron chi connectivity index (χ1n) is 7.64. The number of benzene rings is 1. The molecule has 0 radical (unpaired) electrons. The number of thioether (sulfide) groups is 1. The van der Waals surface area contributed by atoms with Gasteiger partial charge in [0.1, 0.15) is 18.7 Å². The fraction of sp³-hybridized carbons (Fsp3) is 0.438. The quantitative estimate of drug-likeness (QED) is 0.917. The first kappa shape index (κ1) is 15.1. The third-order valence-corrected chi connectivity index (χ3v) is 5.37. The smallest absolute Gasteiger partial charge is 0.249 e. The molecule has 2 aromatic rings. The van der Waals surface area contributed by atoms with Gasteiger partial charge in [-0.05, 0) is 31.9 Å². The van der Waals surface area contributed by atoms with Gasteiger partial charge in [-0.15, -0.1) is 11.8 Å². The Morgan fingerprint density at radius 2 is 2.14 bits per heavy atom. The SMILES string of the molecule is C[C@H](C(=O)Nc1ccccc1SC1CCCC1)n1cncn1. The maximum atomic E-state index is 12.4. The molecule has 1 atom stereocenters. The van der Waals surface area contributed by atoms with E-state index in [1.807, 2.05) is 36.9 Å². The Bertz CT molecular complexity index is 623. The van der Waals surface area contributed by atoms with Gasteiger partial charge < -0.3 is 5.32 Å². The molecule has 1 saturated carbocycles. The van der Waals surface area contributed by atoms with Crippen LogP contribution in [0.1, 0.15) is 38.6 Å². The van der Waals surface area contributed by atoms with Crippen LogP contribution in [0.4, 0.5) is 5.69 Å². The number of amides is 1. The number of rotatable bonds is 5. The van der Waals surface area contributed by atoms with Crippen LogP contribution >= 0.6 is 11.8 Å². The molecule has 6 heteroatoms. The van der Waals surface area contributed by atoms with E-state index >= 15 is 0 Å². The number of carbonyl (C=O) groups is 1. The molecule has 1 aliphatic rings. The molecule has 0 aliphatic heterocycles. The fourth-order valence-corrected chi connectivity index (χ4v) is 3.96. The highest BCUT2D eigenvalue weighted by Crippen LogP contribution is 2.38. The third-order valence-electron chi connectivity index (χ3n) is 3.95. The minimum Gasteiger partial charge on any atom is -0.323 e. The van der Waals surface area contributed by atoms with Crippen molar-refractivity contribution in [3.8, 4) is 0 Å². The molecule has 1 heterocycles. The number of hydrogen-bond acceptors (Lipinski definition) is 4. The van der Waals surface area contributed by atoms with Crippen molar-refractivity contribution in [2.24, 2.45) is 0 Å².